The van der Waals surface area contributed by atoms with Crippen molar-refractivity contribution in [2.75, 3.05) is 0 Å². The van der Waals surface area contributed by atoms with E-state index < -0.39 is 81.0 Å². The van der Waals surface area contributed by atoms with Crippen LogP contribution in [0, 0.1) is 52.6 Å². The summed E-state index contributed by atoms with van der Waals surface area (Å²) in [5.41, 5.74) is -5.64. The van der Waals surface area contributed by atoms with Crippen molar-refractivity contribution in [3.63, 3.8) is 0 Å². The van der Waals surface area contributed by atoms with E-state index in [-0.39, 0.29) is 35.4 Å². The Morgan fingerprint density at radius 2 is 1.18 bits per heavy atom. The summed E-state index contributed by atoms with van der Waals surface area (Å²) in [6.07, 6.45) is -8.22. The lowest BCUT2D eigenvalue weighted by molar-refractivity contribution is -0.189. The minimum Gasteiger partial charge on any atom is -0.429 e. The Kier molecular flexibility index (Phi) is 9.46. The predicted octanol–water partition coefficient (Wildman–Crippen LogP) is 10.2. The van der Waals surface area contributed by atoms with E-state index in [2.05, 4.69) is 4.74 Å². The molecule has 45 heavy (non-hydrogen) atoms. The number of unbranched alkanes of at least 4 members (excludes halogenated alkanes) is 1. The normalized spacial score (nSPS) is 11.8. The van der Waals surface area contributed by atoms with E-state index in [4.69, 9.17) is 0 Å². The first kappa shape index (κ1) is 33.3. The number of benzene rings is 4. The van der Waals surface area contributed by atoms with E-state index in [1.807, 2.05) is 18.8 Å². The molecule has 0 aromatic heterocycles. The second kappa shape index (κ2) is 12.8. The van der Waals surface area contributed by atoms with Crippen LogP contribution in [-0.2, 0) is 18.7 Å². The average Bonchev–Trinajstić information content (AvgIpc) is 2.89. The van der Waals surface area contributed by atoms with Crippen molar-refractivity contribution < 1.29 is 57.4 Å². The van der Waals surface area contributed by atoms with Crippen molar-refractivity contribution in [1.29, 1.82) is 0 Å². The van der Waals surface area contributed by atoms with E-state index in [1.54, 1.807) is 6.07 Å². The molecule has 0 aliphatic rings. The van der Waals surface area contributed by atoms with Crippen LogP contribution in [0.2, 0.25) is 0 Å². The molecule has 0 unspecified atom stereocenters. The monoisotopic (exact) mass is 646 g/mol. The zero-order chi connectivity index (χ0) is 33.3. The lowest BCUT2D eigenvalue weighted by Gasteiger charge is -2.20. The highest BCUT2D eigenvalue weighted by Gasteiger charge is 2.43. The van der Waals surface area contributed by atoms with E-state index in [1.165, 1.54) is 12.1 Å². The Balaban J connectivity index is 1.60. The van der Waals surface area contributed by atoms with Crippen LogP contribution in [0.3, 0.4) is 0 Å². The number of hydrogen-bond donors (Lipinski definition) is 0. The molecule has 0 bridgehead atoms. The highest BCUT2D eigenvalue weighted by Crippen LogP contribution is 2.39. The summed E-state index contributed by atoms with van der Waals surface area (Å²) in [5, 5.41) is 0. The van der Waals surface area contributed by atoms with Crippen LogP contribution in [0.1, 0.15) is 47.6 Å². The third kappa shape index (κ3) is 7.38. The van der Waals surface area contributed by atoms with E-state index in [9.17, 15) is 52.7 Å². The van der Waals surface area contributed by atoms with Gasteiger partial charge in [-0.15, -0.1) is 0 Å². The van der Waals surface area contributed by atoms with Gasteiger partial charge in [0, 0.05) is 23.3 Å². The Hall–Kier alpha value is -4.60. The molecule has 0 radical (unpaired) electrons. The van der Waals surface area contributed by atoms with Crippen LogP contribution in [-0.4, -0.2) is 0 Å². The number of ether oxygens (including phenoxy) is 1. The lowest BCUT2D eigenvalue weighted by Crippen LogP contribution is -2.25. The number of alkyl halides is 5. The molecule has 0 amide bonds. The fraction of sp³-hybridized carbons (Fsp3) is 0.188. The maximum Gasteiger partial charge on any atom is 0.432 e. The average molecular weight is 646 g/mol. The first-order chi connectivity index (χ1) is 21.0. The van der Waals surface area contributed by atoms with E-state index in [0.717, 1.165) is 25.0 Å². The van der Waals surface area contributed by atoms with Crippen LogP contribution >= 0.6 is 0 Å². The summed E-state index contributed by atoms with van der Waals surface area (Å²) < 4.78 is 172. The quantitative estimate of drug-likeness (QED) is 0.144. The zero-order valence-corrected chi connectivity index (χ0v) is 22.8. The fourth-order valence-corrected chi connectivity index (χ4v) is 4.31. The van der Waals surface area contributed by atoms with E-state index in [0.29, 0.717) is 12.0 Å². The van der Waals surface area contributed by atoms with Crippen LogP contribution in [0.15, 0.2) is 54.6 Å². The summed E-state index contributed by atoms with van der Waals surface area (Å²) in [7, 11) is 0. The first-order valence-electron chi connectivity index (χ1n) is 12.9. The zero-order valence-electron chi connectivity index (χ0n) is 22.8. The molecule has 0 aliphatic heterocycles. The van der Waals surface area contributed by atoms with Crippen LogP contribution in [0.25, 0.3) is 11.1 Å². The smallest absolute Gasteiger partial charge is 0.429 e. The molecular formula is C32H18F12O. The largest absolute Gasteiger partial charge is 0.432 e. The Morgan fingerprint density at radius 1 is 0.622 bits per heavy atom. The molecule has 0 saturated carbocycles. The van der Waals surface area contributed by atoms with Gasteiger partial charge in [0.15, 0.2) is 0 Å². The molecule has 0 N–H and O–H groups in total. The Bertz CT molecular complexity index is 1750. The van der Waals surface area contributed by atoms with Gasteiger partial charge in [-0.3, -0.25) is 0 Å². The molecule has 0 heterocycles. The first-order valence-corrected chi connectivity index (χ1v) is 12.9. The van der Waals surface area contributed by atoms with E-state index >= 15 is 0 Å². The molecule has 0 spiro atoms. The summed E-state index contributed by atoms with van der Waals surface area (Å²) in [6.45, 7) is 1.96. The Morgan fingerprint density at radius 3 is 1.69 bits per heavy atom. The van der Waals surface area contributed by atoms with Gasteiger partial charge in [0.1, 0.15) is 57.6 Å². The van der Waals surface area contributed by atoms with Crippen molar-refractivity contribution in [2.45, 2.75) is 38.5 Å². The molecule has 13 heteroatoms. The van der Waals surface area contributed by atoms with Crippen LogP contribution < -0.4 is 4.74 Å². The van der Waals surface area contributed by atoms with Crippen LogP contribution in [0.5, 0.6) is 5.75 Å². The number of rotatable bonds is 7. The van der Waals surface area contributed by atoms with Crippen molar-refractivity contribution in [2.24, 2.45) is 0 Å². The Labute approximate surface area is 248 Å². The van der Waals surface area contributed by atoms with Crippen molar-refractivity contribution in [3.8, 4) is 28.7 Å². The maximum atomic E-state index is 14.8. The summed E-state index contributed by atoms with van der Waals surface area (Å²) >= 11 is 0. The van der Waals surface area contributed by atoms with Crippen molar-refractivity contribution in [1.82, 2.24) is 0 Å². The predicted molar refractivity (Wildman–Crippen MR) is 139 cm³/mol. The SMILES string of the molecule is CCCCc1ccc(-c2cc(F)c(C#Cc3cc(F)c(C(F)(F)Oc4cc(F)c(C(F)(F)F)c(F)c4)c(F)c3)c(F)c2)c(F)c1. The topological polar surface area (TPSA) is 9.23 Å². The van der Waals surface area contributed by atoms with Gasteiger partial charge in [-0.2, -0.15) is 22.0 Å². The summed E-state index contributed by atoms with van der Waals surface area (Å²) in [6, 6.07) is 5.75. The minimum absolute atomic E-state index is 0.0998. The molecule has 0 aliphatic carbocycles. The highest BCUT2D eigenvalue weighted by atomic mass is 19.4. The summed E-state index contributed by atoms with van der Waals surface area (Å²) in [4.78, 5) is 0. The third-order valence-corrected chi connectivity index (χ3v) is 6.42. The molecule has 1 nitrogen and oxygen atoms in total. The van der Waals surface area contributed by atoms with Crippen LogP contribution in [0.4, 0.5) is 52.7 Å². The number of halogens is 12. The second-order valence-electron chi connectivity index (χ2n) is 9.68. The van der Waals surface area contributed by atoms with Gasteiger partial charge in [0.05, 0.1) is 5.56 Å². The van der Waals surface area contributed by atoms with Gasteiger partial charge in [-0.25, -0.2) is 30.7 Å². The molecule has 4 aromatic carbocycles. The summed E-state index contributed by atoms with van der Waals surface area (Å²) in [5.74, 6) is -9.46. The standard InChI is InChI=1S/C32H18F12O/c1-2-3-4-16-5-7-20(22(33)9-16)18-12-23(34)21(24(35)13-18)8-6-17-10-25(36)30(26(37)11-17)32(43,44)45-19-14-27(38)29(28(39)15-19)31(40,41)42/h5,7,9-15H,2-4H2,1H3. The second-order valence-corrected chi connectivity index (χ2v) is 9.68. The maximum absolute atomic E-state index is 14.8. The molecule has 0 atom stereocenters. The lowest BCUT2D eigenvalue weighted by atomic mass is 9.99. The molecule has 4 rings (SSSR count). The van der Waals surface area contributed by atoms with Crippen molar-refractivity contribution >= 4 is 0 Å². The highest BCUT2D eigenvalue weighted by molar-refractivity contribution is 5.66. The molecule has 0 saturated heterocycles. The van der Waals surface area contributed by atoms with Gasteiger partial charge in [0.2, 0.25) is 0 Å². The van der Waals surface area contributed by atoms with Gasteiger partial charge in [0.25, 0.3) is 0 Å². The minimum atomic E-state index is -5.52. The van der Waals surface area contributed by atoms with Gasteiger partial charge in [-0.05, 0) is 54.3 Å². The van der Waals surface area contributed by atoms with Gasteiger partial charge in [-0.1, -0.05) is 37.3 Å². The van der Waals surface area contributed by atoms with Gasteiger partial charge < -0.3 is 4.74 Å². The number of aryl methyl sites for hydroxylation is 1. The van der Waals surface area contributed by atoms with Gasteiger partial charge >= 0.3 is 12.3 Å². The molecule has 0 fully saturated rings. The van der Waals surface area contributed by atoms with Crippen molar-refractivity contribution in [3.05, 3.63) is 123 Å². The molecular weight excluding hydrogens is 628 g/mol. The fourth-order valence-electron chi connectivity index (χ4n) is 4.31. The number of hydrogen-bond acceptors (Lipinski definition) is 1. The molecule has 4 aromatic rings. The molecule has 236 valence electrons. The third-order valence-electron chi connectivity index (χ3n) is 6.42.